The lowest BCUT2D eigenvalue weighted by Gasteiger charge is -2.38. The number of aromatic hydroxyl groups is 1. The van der Waals surface area contributed by atoms with E-state index in [4.69, 9.17) is 26.8 Å². The van der Waals surface area contributed by atoms with Gasteiger partial charge in [0, 0.05) is 23.6 Å². The summed E-state index contributed by atoms with van der Waals surface area (Å²) < 4.78 is 10.5. The Morgan fingerprint density at radius 3 is 2.40 bits per heavy atom. The van der Waals surface area contributed by atoms with Crippen molar-refractivity contribution in [2.24, 2.45) is 5.73 Å². The van der Waals surface area contributed by atoms with Crippen molar-refractivity contribution in [3.05, 3.63) is 16.7 Å². The highest BCUT2D eigenvalue weighted by Crippen LogP contribution is 2.51. The third kappa shape index (κ3) is 2.42. The Balaban J connectivity index is 2.60. The maximum absolute atomic E-state index is 10.4. The first-order valence-electron chi connectivity index (χ1n) is 6.93. The second-order valence-corrected chi connectivity index (χ2v) is 5.74. The normalized spacial score (nSPS) is 17.8. The Morgan fingerprint density at radius 2 is 1.90 bits per heavy atom. The lowest BCUT2D eigenvalue weighted by Crippen LogP contribution is -2.37. The van der Waals surface area contributed by atoms with E-state index >= 15 is 0 Å². The number of rotatable bonds is 4. The zero-order valence-corrected chi connectivity index (χ0v) is 12.8. The van der Waals surface area contributed by atoms with E-state index in [2.05, 4.69) is 0 Å². The summed E-state index contributed by atoms with van der Waals surface area (Å²) >= 11 is 6.48. The molecular formula is C15H22ClNO3. The lowest BCUT2D eigenvalue weighted by atomic mass is 9.69. The topological polar surface area (TPSA) is 64.7 Å². The largest absolute Gasteiger partial charge is 0.507 e. The standard InChI is InChI=1S/C15H22ClNO3/c1-19-11-8-10(18)12(13(16)14(11)20-2)15(9-17)6-4-3-5-7-15/h8,18H,3-7,9,17H2,1-2H3. The van der Waals surface area contributed by atoms with Crippen LogP contribution in [0.5, 0.6) is 17.2 Å². The van der Waals surface area contributed by atoms with Crippen LogP contribution in [0, 0.1) is 0 Å². The predicted octanol–water partition coefficient (Wildman–Crippen LogP) is 3.22. The number of phenols is 1. The van der Waals surface area contributed by atoms with Gasteiger partial charge in [0.2, 0.25) is 0 Å². The van der Waals surface area contributed by atoms with Gasteiger partial charge in [-0.3, -0.25) is 0 Å². The second kappa shape index (κ2) is 6.10. The Hall–Kier alpha value is -1.13. The molecule has 1 aliphatic rings. The average molecular weight is 300 g/mol. The highest BCUT2D eigenvalue weighted by Gasteiger charge is 2.38. The third-order valence-electron chi connectivity index (χ3n) is 4.32. The van der Waals surface area contributed by atoms with Crippen LogP contribution < -0.4 is 15.2 Å². The molecule has 0 radical (unpaired) electrons. The highest BCUT2D eigenvalue weighted by molar-refractivity contribution is 6.33. The molecule has 0 aromatic heterocycles. The maximum atomic E-state index is 10.4. The zero-order valence-electron chi connectivity index (χ0n) is 12.0. The van der Waals surface area contributed by atoms with Crippen LogP contribution in [0.3, 0.4) is 0 Å². The minimum Gasteiger partial charge on any atom is -0.507 e. The zero-order chi connectivity index (χ0) is 14.8. The summed E-state index contributed by atoms with van der Waals surface area (Å²) in [5, 5.41) is 10.8. The highest BCUT2D eigenvalue weighted by atomic mass is 35.5. The fourth-order valence-corrected chi connectivity index (χ4v) is 3.69. The molecule has 1 saturated carbocycles. The summed E-state index contributed by atoms with van der Waals surface area (Å²) in [5.41, 5.74) is 6.47. The smallest absolute Gasteiger partial charge is 0.179 e. The first-order chi connectivity index (χ1) is 9.59. The molecule has 0 spiro atoms. The number of nitrogens with two attached hydrogens (primary N) is 1. The summed E-state index contributed by atoms with van der Waals surface area (Å²) in [6, 6.07) is 1.56. The average Bonchev–Trinajstić information content (AvgIpc) is 2.47. The van der Waals surface area contributed by atoms with Gasteiger partial charge in [-0.1, -0.05) is 30.9 Å². The van der Waals surface area contributed by atoms with Crippen molar-refractivity contribution in [3.8, 4) is 17.2 Å². The number of methoxy groups -OCH3 is 2. The van der Waals surface area contributed by atoms with Crippen LogP contribution >= 0.6 is 11.6 Å². The molecule has 112 valence electrons. The number of ether oxygens (including phenoxy) is 2. The van der Waals surface area contributed by atoms with Crippen LogP contribution in [0.4, 0.5) is 0 Å². The van der Waals surface area contributed by atoms with Gasteiger partial charge in [0.25, 0.3) is 0 Å². The van der Waals surface area contributed by atoms with Gasteiger partial charge < -0.3 is 20.3 Å². The van der Waals surface area contributed by atoms with Crippen molar-refractivity contribution >= 4 is 11.6 Å². The predicted molar refractivity (Wildman–Crippen MR) is 80.0 cm³/mol. The van der Waals surface area contributed by atoms with Crippen molar-refractivity contribution in [3.63, 3.8) is 0 Å². The SMILES string of the molecule is COc1cc(O)c(C2(CN)CCCCC2)c(Cl)c1OC. The van der Waals surface area contributed by atoms with Crippen LogP contribution in [-0.4, -0.2) is 25.9 Å². The molecule has 1 aromatic rings. The number of hydrogen-bond acceptors (Lipinski definition) is 4. The molecule has 0 aliphatic heterocycles. The van der Waals surface area contributed by atoms with Gasteiger partial charge in [-0.15, -0.1) is 0 Å². The molecule has 0 saturated heterocycles. The Bertz CT molecular complexity index is 484. The number of hydrogen-bond donors (Lipinski definition) is 2. The fraction of sp³-hybridized carbons (Fsp3) is 0.600. The molecule has 4 nitrogen and oxygen atoms in total. The van der Waals surface area contributed by atoms with Gasteiger partial charge in [0.1, 0.15) is 5.75 Å². The first kappa shape index (κ1) is 15.3. The Morgan fingerprint density at radius 1 is 1.25 bits per heavy atom. The molecule has 0 unspecified atom stereocenters. The molecule has 0 bridgehead atoms. The fourth-order valence-electron chi connectivity index (χ4n) is 3.23. The van der Waals surface area contributed by atoms with E-state index in [1.54, 1.807) is 13.2 Å². The summed E-state index contributed by atoms with van der Waals surface area (Å²) in [7, 11) is 3.06. The number of phenolic OH excluding ortho intramolecular Hbond substituents is 1. The van der Waals surface area contributed by atoms with Crippen LogP contribution in [0.1, 0.15) is 37.7 Å². The molecule has 20 heavy (non-hydrogen) atoms. The molecule has 1 fully saturated rings. The maximum Gasteiger partial charge on any atom is 0.179 e. The Labute approximate surface area is 124 Å². The van der Waals surface area contributed by atoms with Crippen molar-refractivity contribution in [2.75, 3.05) is 20.8 Å². The van der Waals surface area contributed by atoms with Crippen LogP contribution in [0.25, 0.3) is 0 Å². The quantitative estimate of drug-likeness (QED) is 0.896. The van der Waals surface area contributed by atoms with Crippen molar-refractivity contribution in [1.82, 2.24) is 0 Å². The Kier molecular flexibility index (Phi) is 4.66. The van der Waals surface area contributed by atoms with Crippen molar-refractivity contribution in [1.29, 1.82) is 0 Å². The summed E-state index contributed by atoms with van der Waals surface area (Å²) in [6.07, 6.45) is 5.27. The van der Waals surface area contributed by atoms with E-state index in [0.717, 1.165) is 25.7 Å². The number of benzene rings is 1. The molecule has 5 heteroatoms. The van der Waals surface area contributed by atoms with E-state index < -0.39 is 0 Å². The van der Waals surface area contributed by atoms with Crippen molar-refractivity contribution < 1.29 is 14.6 Å². The van der Waals surface area contributed by atoms with Crippen LogP contribution in [-0.2, 0) is 5.41 Å². The minimum atomic E-state index is -0.265. The van der Waals surface area contributed by atoms with Gasteiger partial charge in [0.05, 0.1) is 19.2 Å². The molecule has 0 amide bonds. The van der Waals surface area contributed by atoms with E-state index in [1.807, 2.05) is 0 Å². The summed E-state index contributed by atoms with van der Waals surface area (Å²) in [4.78, 5) is 0. The molecule has 0 atom stereocenters. The molecule has 2 rings (SSSR count). The van der Waals surface area contributed by atoms with E-state index in [0.29, 0.717) is 28.6 Å². The van der Waals surface area contributed by atoms with E-state index in [9.17, 15) is 5.11 Å². The first-order valence-corrected chi connectivity index (χ1v) is 7.31. The molecule has 0 heterocycles. The van der Waals surface area contributed by atoms with Gasteiger partial charge >= 0.3 is 0 Å². The molecule has 3 N–H and O–H groups in total. The van der Waals surface area contributed by atoms with E-state index in [1.165, 1.54) is 13.5 Å². The monoisotopic (exact) mass is 299 g/mol. The van der Waals surface area contributed by atoms with Crippen molar-refractivity contribution in [2.45, 2.75) is 37.5 Å². The van der Waals surface area contributed by atoms with E-state index in [-0.39, 0.29) is 11.2 Å². The number of halogens is 1. The van der Waals surface area contributed by atoms with Gasteiger partial charge in [-0.25, -0.2) is 0 Å². The summed E-state index contributed by atoms with van der Waals surface area (Å²) in [6.45, 7) is 0.468. The summed E-state index contributed by atoms with van der Waals surface area (Å²) in [5.74, 6) is 1.03. The molecular weight excluding hydrogens is 278 g/mol. The third-order valence-corrected chi connectivity index (χ3v) is 4.68. The lowest BCUT2D eigenvalue weighted by molar-refractivity contribution is 0.287. The minimum absolute atomic E-state index is 0.139. The molecule has 1 aliphatic carbocycles. The van der Waals surface area contributed by atoms with Gasteiger partial charge in [0.15, 0.2) is 11.5 Å². The second-order valence-electron chi connectivity index (χ2n) is 5.37. The van der Waals surface area contributed by atoms with Crippen LogP contribution in [0.2, 0.25) is 5.02 Å². The van der Waals surface area contributed by atoms with Gasteiger partial charge in [-0.2, -0.15) is 0 Å². The van der Waals surface area contributed by atoms with Crippen LogP contribution in [0.15, 0.2) is 6.07 Å². The van der Waals surface area contributed by atoms with Gasteiger partial charge in [-0.05, 0) is 12.8 Å². The molecule has 1 aromatic carbocycles.